The third-order valence-corrected chi connectivity index (χ3v) is 5.45. The van der Waals surface area contributed by atoms with Crippen molar-refractivity contribution in [1.82, 2.24) is 25.1 Å². The summed E-state index contributed by atoms with van der Waals surface area (Å²) in [6.45, 7) is 2.27. The SMILES string of the molecule is CO[C@@H]1CN(C(=O)CCn2cnnn2)C[C@]12C[C@@H](c1ccccc1)CO2. The Balaban J connectivity index is 1.41. The molecule has 2 fully saturated rings. The van der Waals surface area contributed by atoms with E-state index in [2.05, 4.69) is 39.8 Å². The van der Waals surface area contributed by atoms with Crippen LogP contribution in [0.3, 0.4) is 0 Å². The van der Waals surface area contributed by atoms with Gasteiger partial charge in [-0.3, -0.25) is 4.79 Å². The number of ether oxygens (including phenoxy) is 2. The second-order valence-electron chi connectivity index (χ2n) is 7.01. The summed E-state index contributed by atoms with van der Waals surface area (Å²) in [5.41, 5.74) is 0.863. The van der Waals surface area contributed by atoms with Gasteiger partial charge in [0, 0.05) is 26.0 Å². The molecule has 4 rings (SSSR count). The highest BCUT2D eigenvalue weighted by atomic mass is 16.6. The average Bonchev–Trinajstić information content (AvgIpc) is 3.41. The predicted molar refractivity (Wildman–Crippen MR) is 92.3 cm³/mol. The van der Waals surface area contributed by atoms with Crippen molar-refractivity contribution in [3.63, 3.8) is 0 Å². The molecule has 2 aliphatic rings. The zero-order valence-electron chi connectivity index (χ0n) is 14.8. The van der Waals surface area contributed by atoms with Crippen molar-refractivity contribution < 1.29 is 14.3 Å². The molecule has 26 heavy (non-hydrogen) atoms. The van der Waals surface area contributed by atoms with Gasteiger partial charge in [-0.2, -0.15) is 0 Å². The van der Waals surface area contributed by atoms with Crippen LogP contribution in [0.5, 0.6) is 0 Å². The fourth-order valence-corrected chi connectivity index (χ4v) is 4.06. The number of amides is 1. The highest BCUT2D eigenvalue weighted by Crippen LogP contribution is 2.43. The standard InChI is InChI=1S/C18H23N5O3/c1-25-16-10-22(17(24)7-8-23-13-19-20-21-23)12-18(16)9-15(11-26-18)14-5-3-2-4-6-14/h2-6,13,15-16H,7-12H2,1H3/t15-,16-,18-/m1/s1. The van der Waals surface area contributed by atoms with Crippen molar-refractivity contribution in [2.24, 2.45) is 0 Å². The summed E-state index contributed by atoms with van der Waals surface area (Å²) in [7, 11) is 1.70. The van der Waals surface area contributed by atoms with Crippen LogP contribution in [0.2, 0.25) is 0 Å². The van der Waals surface area contributed by atoms with Gasteiger partial charge < -0.3 is 14.4 Å². The number of carbonyl (C=O) groups excluding carboxylic acids is 1. The van der Waals surface area contributed by atoms with Gasteiger partial charge in [0.15, 0.2) is 0 Å². The number of likely N-dealkylation sites (tertiary alicyclic amines) is 1. The maximum absolute atomic E-state index is 12.6. The minimum absolute atomic E-state index is 0.0752. The lowest BCUT2D eigenvalue weighted by Gasteiger charge is -2.28. The van der Waals surface area contributed by atoms with E-state index in [4.69, 9.17) is 9.47 Å². The van der Waals surface area contributed by atoms with Crippen molar-refractivity contribution in [3.05, 3.63) is 42.2 Å². The summed E-state index contributed by atoms with van der Waals surface area (Å²) >= 11 is 0. The van der Waals surface area contributed by atoms with Gasteiger partial charge in [-0.25, -0.2) is 4.68 Å². The quantitative estimate of drug-likeness (QED) is 0.789. The summed E-state index contributed by atoms with van der Waals surface area (Å²) in [4.78, 5) is 14.5. The smallest absolute Gasteiger partial charge is 0.224 e. The van der Waals surface area contributed by atoms with Crippen LogP contribution in [-0.2, 0) is 20.8 Å². The van der Waals surface area contributed by atoms with Crippen LogP contribution in [0.15, 0.2) is 36.7 Å². The molecule has 1 aromatic carbocycles. The number of benzene rings is 1. The minimum atomic E-state index is -0.417. The second kappa shape index (κ2) is 7.13. The fourth-order valence-electron chi connectivity index (χ4n) is 4.06. The van der Waals surface area contributed by atoms with Gasteiger partial charge in [-0.05, 0) is 22.4 Å². The van der Waals surface area contributed by atoms with Crippen molar-refractivity contribution in [2.75, 3.05) is 26.8 Å². The molecule has 0 N–H and O–H groups in total. The van der Waals surface area contributed by atoms with Gasteiger partial charge in [-0.15, -0.1) is 5.10 Å². The van der Waals surface area contributed by atoms with Crippen LogP contribution >= 0.6 is 0 Å². The molecule has 2 aromatic rings. The number of hydrogen-bond acceptors (Lipinski definition) is 6. The van der Waals surface area contributed by atoms with Crippen LogP contribution in [0, 0.1) is 0 Å². The number of nitrogens with zero attached hydrogens (tertiary/aromatic N) is 5. The maximum atomic E-state index is 12.6. The highest BCUT2D eigenvalue weighted by Gasteiger charge is 2.53. The number of aromatic nitrogens is 4. The van der Waals surface area contributed by atoms with Crippen LogP contribution < -0.4 is 0 Å². The number of methoxy groups -OCH3 is 1. The van der Waals surface area contributed by atoms with E-state index in [0.29, 0.717) is 38.6 Å². The molecule has 0 unspecified atom stereocenters. The molecule has 3 atom stereocenters. The summed E-state index contributed by atoms with van der Waals surface area (Å²) in [6.07, 6.45) is 2.64. The van der Waals surface area contributed by atoms with E-state index in [1.54, 1.807) is 11.8 Å². The largest absolute Gasteiger partial charge is 0.377 e. The first-order valence-electron chi connectivity index (χ1n) is 8.90. The van der Waals surface area contributed by atoms with Crippen LogP contribution in [0.25, 0.3) is 0 Å². The molecule has 1 amide bonds. The number of aryl methyl sites for hydroxylation is 1. The minimum Gasteiger partial charge on any atom is -0.377 e. The Kier molecular flexibility index (Phi) is 4.69. The molecular formula is C18H23N5O3. The molecule has 2 saturated heterocycles. The number of carbonyl (C=O) groups is 1. The van der Waals surface area contributed by atoms with Crippen LogP contribution in [0.1, 0.15) is 24.3 Å². The predicted octanol–water partition coefficient (Wildman–Crippen LogP) is 0.863. The first-order chi connectivity index (χ1) is 12.7. The molecule has 8 heteroatoms. The molecule has 0 saturated carbocycles. The Morgan fingerprint density at radius 3 is 2.96 bits per heavy atom. The summed E-state index contributed by atoms with van der Waals surface area (Å²) in [5, 5.41) is 11.0. The van der Waals surface area contributed by atoms with E-state index in [1.807, 2.05) is 11.0 Å². The Morgan fingerprint density at radius 1 is 1.38 bits per heavy atom. The monoisotopic (exact) mass is 357 g/mol. The normalized spacial score (nSPS) is 28.1. The molecule has 138 valence electrons. The van der Waals surface area contributed by atoms with Gasteiger partial charge in [-0.1, -0.05) is 30.3 Å². The van der Waals surface area contributed by atoms with Crippen LogP contribution in [0.4, 0.5) is 0 Å². The van der Waals surface area contributed by atoms with Crippen molar-refractivity contribution >= 4 is 5.91 Å². The third-order valence-electron chi connectivity index (χ3n) is 5.45. The Labute approximate surface area is 152 Å². The Morgan fingerprint density at radius 2 is 2.23 bits per heavy atom. The molecule has 2 aliphatic heterocycles. The second-order valence-corrected chi connectivity index (χ2v) is 7.01. The summed E-state index contributed by atoms with van der Waals surface area (Å²) < 4.78 is 13.5. The Hall–Kier alpha value is -2.32. The first-order valence-corrected chi connectivity index (χ1v) is 8.90. The van der Waals surface area contributed by atoms with Gasteiger partial charge in [0.25, 0.3) is 0 Å². The fraction of sp³-hybridized carbons (Fsp3) is 0.556. The van der Waals surface area contributed by atoms with E-state index in [9.17, 15) is 4.79 Å². The number of rotatable bonds is 5. The van der Waals surface area contributed by atoms with Gasteiger partial charge in [0.2, 0.25) is 5.91 Å². The molecule has 3 heterocycles. The zero-order chi connectivity index (χ0) is 18.0. The molecule has 0 radical (unpaired) electrons. The van der Waals surface area contributed by atoms with Crippen molar-refractivity contribution in [2.45, 2.75) is 37.0 Å². The van der Waals surface area contributed by atoms with E-state index in [0.717, 1.165) is 6.42 Å². The van der Waals surface area contributed by atoms with E-state index in [-0.39, 0.29) is 12.0 Å². The number of hydrogen-bond donors (Lipinski definition) is 0. The highest BCUT2D eigenvalue weighted by molar-refractivity contribution is 5.76. The zero-order valence-corrected chi connectivity index (χ0v) is 14.8. The molecule has 8 nitrogen and oxygen atoms in total. The van der Waals surface area contributed by atoms with Gasteiger partial charge in [0.1, 0.15) is 18.0 Å². The van der Waals surface area contributed by atoms with E-state index < -0.39 is 5.60 Å². The van der Waals surface area contributed by atoms with E-state index >= 15 is 0 Å². The van der Waals surface area contributed by atoms with Crippen LogP contribution in [-0.4, -0.2) is 69.5 Å². The molecule has 0 bridgehead atoms. The first kappa shape index (κ1) is 17.1. The topological polar surface area (TPSA) is 82.4 Å². The molecular weight excluding hydrogens is 334 g/mol. The van der Waals surface area contributed by atoms with Gasteiger partial charge in [0.05, 0.1) is 19.7 Å². The number of tetrazole rings is 1. The van der Waals surface area contributed by atoms with Crippen molar-refractivity contribution in [1.29, 1.82) is 0 Å². The molecule has 0 aliphatic carbocycles. The molecule has 1 spiro atoms. The molecule has 1 aromatic heterocycles. The average molecular weight is 357 g/mol. The van der Waals surface area contributed by atoms with Crippen molar-refractivity contribution in [3.8, 4) is 0 Å². The van der Waals surface area contributed by atoms with E-state index in [1.165, 1.54) is 11.9 Å². The lowest BCUT2D eigenvalue weighted by atomic mass is 9.87. The lowest BCUT2D eigenvalue weighted by molar-refractivity contribution is -0.131. The maximum Gasteiger partial charge on any atom is 0.224 e. The van der Waals surface area contributed by atoms with Gasteiger partial charge >= 0.3 is 0 Å². The Bertz CT molecular complexity index is 739. The lowest BCUT2D eigenvalue weighted by Crippen LogP contribution is -2.42. The summed E-state index contributed by atoms with van der Waals surface area (Å²) in [5.74, 6) is 0.413. The summed E-state index contributed by atoms with van der Waals surface area (Å²) in [6, 6.07) is 10.4. The third kappa shape index (κ3) is 3.22.